The number of carbonyl (C=O) groups excluding carboxylic acids is 1. The fraction of sp³-hybridized carbons (Fsp3) is 0.300. The third kappa shape index (κ3) is 4.01. The summed E-state index contributed by atoms with van der Waals surface area (Å²) in [6.45, 7) is 6.42. The molecule has 1 N–H and O–H groups in total. The van der Waals surface area contributed by atoms with Gasteiger partial charge in [-0.05, 0) is 38.5 Å². The number of aromatic nitrogens is 3. The van der Waals surface area contributed by atoms with Crippen LogP contribution in [-0.4, -0.2) is 20.4 Å². The molecule has 0 atom stereocenters. The average Bonchev–Trinajstić information content (AvgIpc) is 3.40. The molecule has 0 spiro atoms. The highest BCUT2D eigenvalue weighted by Crippen LogP contribution is 2.25. The first-order valence-corrected chi connectivity index (χ1v) is 10.8. The van der Waals surface area contributed by atoms with Gasteiger partial charge in [0, 0.05) is 23.2 Å². The molecule has 0 fully saturated rings. The van der Waals surface area contributed by atoms with Gasteiger partial charge in [-0.15, -0.1) is 22.7 Å². The zero-order valence-electron chi connectivity index (χ0n) is 16.3. The standard InChI is InChI=1S/C20H20N4O3S2/c1-11-12(2)29-19-18(11)20(26)24(10-22-19)7-6-17(25)21-8-14-4-5-16(27-14)15-9-28-13(3)23-15/h4-5,9-10H,6-8H2,1-3H3,(H,21,25). The number of aryl methyl sites for hydroxylation is 4. The van der Waals surface area contributed by atoms with Crippen molar-refractivity contribution < 1.29 is 9.21 Å². The number of amides is 1. The Morgan fingerprint density at radius 2 is 2.10 bits per heavy atom. The van der Waals surface area contributed by atoms with E-state index in [9.17, 15) is 9.59 Å². The fourth-order valence-electron chi connectivity index (χ4n) is 3.01. The third-order valence-electron chi connectivity index (χ3n) is 4.73. The van der Waals surface area contributed by atoms with Crippen molar-refractivity contribution >= 4 is 38.8 Å². The van der Waals surface area contributed by atoms with Crippen molar-refractivity contribution in [1.82, 2.24) is 19.9 Å². The van der Waals surface area contributed by atoms with E-state index in [1.54, 1.807) is 11.3 Å². The summed E-state index contributed by atoms with van der Waals surface area (Å²) in [5, 5.41) is 6.39. The van der Waals surface area contributed by atoms with Crippen LogP contribution in [0.3, 0.4) is 0 Å². The molecule has 0 unspecified atom stereocenters. The molecule has 0 aliphatic rings. The molecule has 0 aromatic carbocycles. The molecule has 4 aromatic heterocycles. The van der Waals surface area contributed by atoms with Gasteiger partial charge in [0.05, 0.1) is 23.3 Å². The summed E-state index contributed by atoms with van der Waals surface area (Å²) >= 11 is 3.08. The van der Waals surface area contributed by atoms with E-state index >= 15 is 0 Å². The zero-order valence-corrected chi connectivity index (χ0v) is 17.9. The highest BCUT2D eigenvalue weighted by molar-refractivity contribution is 7.18. The van der Waals surface area contributed by atoms with Gasteiger partial charge < -0.3 is 9.73 Å². The minimum Gasteiger partial charge on any atom is -0.458 e. The van der Waals surface area contributed by atoms with Gasteiger partial charge in [-0.3, -0.25) is 14.2 Å². The molecule has 4 aromatic rings. The van der Waals surface area contributed by atoms with Gasteiger partial charge in [-0.25, -0.2) is 9.97 Å². The van der Waals surface area contributed by atoms with Crippen LogP contribution >= 0.6 is 22.7 Å². The predicted octanol–water partition coefficient (Wildman–Crippen LogP) is 3.81. The highest BCUT2D eigenvalue weighted by Gasteiger charge is 2.13. The molecule has 4 rings (SSSR count). The molecule has 9 heteroatoms. The minimum atomic E-state index is -0.155. The van der Waals surface area contributed by atoms with Crippen LogP contribution in [0.15, 0.2) is 33.1 Å². The Hall–Kier alpha value is -2.78. The number of carbonyl (C=O) groups is 1. The van der Waals surface area contributed by atoms with Crippen molar-refractivity contribution in [3.05, 3.63) is 55.4 Å². The van der Waals surface area contributed by atoms with Gasteiger partial charge in [-0.1, -0.05) is 0 Å². The number of nitrogens with zero attached hydrogens (tertiary/aromatic N) is 3. The third-order valence-corrected chi connectivity index (χ3v) is 6.62. The Morgan fingerprint density at radius 1 is 1.28 bits per heavy atom. The second kappa shape index (κ2) is 7.92. The van der Waals surface area contributed by atoms with Crippen LogP contribution in [-0.2, 0) is 17.9 Å². The molecule has 0 saturated carbocycles. The second-order valence-electron chi connectivity index (χ2n) is 6.75. The predicted molar refractivity (Wildman–Crippen MR) is 114 cm³/mol. The first-order chi connectivity index (χ1) is 13.9. The van der Waals surface area contributed by atoms with E-state index in [0.717, 1.165) is 26.0 Å². The summed E-state index contributed by atoms with van der Waals surface area (Å²) in [5.41, 5.74) is 1.66. The maximum Gasteiger partial charge on any atom is 0.262 e. The zero-order chi connectivity index (χ0) is 20.5. The number of thiazole rings is 1. The van der Waals surface area contributed by atoms with E-state index in [1.165, 1.54) is 22.2 Å². The van der Waals surface area contributed by atoms with Crippen molar-refractivity contribution in [2.75, 3.05) is 0 Å². The van der Waals surface area contributed by atoms with E-state index in [0.29, 0.717) is 16.9 Å². The van der Waals surface area contributed by atoms with E-state index in [1.807, 2.05) is 38.3 Å². The number of nitrogens with one attached hydrogen (secondary N) is 1. The summed E-state index contributed by atoms with van der Waals surface area (Å²) < 4.78 is 7.24. The van der Waals surface area contributed by atoms with Crippen molar-refractivity contribution in [1.29, 1.82) is 0 Å². The largest absolute Gasteiger partial charge is 0.458 e. The van der Waals surface area contributed by atoms with E-state index in [4.69, 9.17) is 4.42 Å². The molecule has 29 heavy (non-hydrogen) atoms. The summed E-state index contributed by atoms with van der Waals surface area (Å²) in [6.07, 6.45) is 1.70. The number of rotatable bonds is 6. The molecule has 150 valence electrons. The van der Waals surface area contributed by atoms with Gasteiger partial charge in [-0.2, -0.15) is 0 Å². The smallest absolute Gasteiger partial charge is 0.262 e. The molecule has 4 heterocycles. The molecule has 1 amide bonds. The Labute approximate surface area is 175 Å². The number of furan rings is 1. The first-order valence-electron chi connectivity index (χ1n) is 9.15. The van der Waals surface area contributed by atoms with Gasteiger partial charge in [0.1, 0.15) is 16.3 Å². The topological polar surface area (TPSA) is 90.0 Å². The van der Waals surface area contributed by atoms with Crippen LogP contribution in [0.4, 0.5) is 0 Å². The summed E-state index contributed by atoms with van der Waals surface area (Å²) in [7, 11) is 0. The molecule has 7 nitrogen and oxygen atoms in total. The van der Waals surface area contributed by atoms with Crippen LogP contribution in [0.25, 0.3) is 21.7 Å². The maximum absolute atomic E-state index is 12.7. The van der Waals surface area contributed by atoms with Crippen LogP contribution in [0.2, 0.25) is 0 Å². The molecule has 0 radical (unpaired) electrons. The average molecular weight is 429 g/mol. The fourth-order valence-corrected chi connectivity index (χ4v) is 4.60. The van der Waals surface area contributed by atoms with Crippen molar-refractivity contribution in [2.24, 2.45) is 0 Å². The summed E-state index contributed by atoms with van der Waals surface area (Å²) in [5.74, 6) is 1.19. The normalized spacial score (nSPS) is 11.3. The number of fused-ring (bicyclic) bond motifs is 1. The van der Waals surface area contributed by atoms with Crippen molar-refractivity contribution in [3.63, 3.8) is 0 Å². The van der Waals surface area contributed by atoms with Crippen molar-refractivity contribution in [3.8, 4) is 11.5 Å². The quantitative estimate of drug-likeness (QED) is 0.504. The Bertz CT molecular complexity index is 1250. The van der Waals surface area contributed by atoms with Crippen LogP contribution in [0, 0.1) is 20.8 Å². The van der Waals surface area contributed by atoms with Crippen LogP contribution < -0.4 is 10.9 Å². The molecule has 0 aliphatic carbocycles. The highest BCUT2D eigenvalue weighted by atomic mass is 32.1. The number of hydrogen-bond acceptors (Lipinski definition) is 7. The lowest BCUT2D eigenvalue weighted by molar-refractivity contribution is -0.121. The monoisotopic (exact) mass is 428 g/mol. The summed E-state index contributed by atoms with van der Waals surface area (Å²) in [4.78, 5) is 35.5. The first kappa shape index (κ1) is 19.5. The minimum absolute atomic E-state index is 0.0983. The number of hydrogen-bond donors (Lipinski definition) is 1. The molecule has 0 bridgehead atoms. The Kier molecular flexibility index (Phi) is 5.33. The molecular weight excluding hydrogens is 408 g/mol. The van der Waals surface area contributed by atoms with Gasteiger partial charge in [0.15, 0.2) is 5.76 Å². The van der Waals surface area contributed by atoms with E-state index in [-0.39, 0.29) is 31.0 Å². The van der Waals surface area contributed by atoms with Crippen molar-refractivity contribution in [2.45, 2.75) is 40.3 Å². The lowest BCUT2D eigenvalue weighted by Gasteiger charge is -2.06. The van der Waals surface area contributed by atoms with Gasteiger partial charge in [0.2, 0.25) is 5.91 Å². The maximum atomic E-state index is 12.7. The van der Waals surface area contributed by atoms with E-state index < -0.39 is 0 Å². The lowest BCUT2D eigenvalue weighted by Crippen LogP contribution is -2.27. The van der Waals surface area contributed by atoms with Crippen LogP contribution in [0.5, 0.6) is 0 Å². The van der Waals surface area contributed by atoms with Gasteiger partial charge in [0.25, 0.3) is 5.56 Å². The summed E-state index contributed by atoms with van der Waals surface area (Å²) in [6, 6.07) is 3.68. The molecular formula is C20H20N4O3S2. The van der Waals surface area contributed by atoms with Gasteiger partial charge >= 0.3 is 0 Å². The lowest BCUT2D eigenvalue weighted by atomic mass is 10.2. The Balaban J connectivity index is 1.36. The SMILES string of the molecule is Cc1nc(-c2ccc(CNC(=O)CCn3cnc4sc(C)c(C)c4c3=O)o2)cs1. The van der Waals surface area contributed by atoms with E-state index in [2.05, 4.69) is 15.3 Å². The molecule has 0 aliphatic heterocycles. The second-order valence-corrected chi connectivity index (χ2v) is 9.02. The van der Waals surface area contributed by atoms with Crippen LogP contribution in [0.1, 0.15) is 27.6 Å². The molecule has 0 saturated heterocycles. The Morgan fingerprint density at radius 3 is 2.86 bits per heavy atom. The number of thiophene rings is 1.